The number of ether oxygens (including phenoxy) is 1. The fourth-order valence-corrected chi connectivity index (χ4v) is 8.24. The Morgan fingerprint density at radius 1 is 0.632 bits per heavy atom. The van der Waals surface area contributed by atoms with Crippen molar-refractivity contribution in [3.63, 3.8) is 0 Å². The number of carbonyl (C=O) groups is 2. The highest BCUT2D eigenvalue weighted by atomic mass is 16.5. The Balaban J connectivity index is 0.000000329. The minimum atomic E-state index is -1.71. The minimum absolute atomic E-state index is 0.195. The second-order valence-electron chi connectivity index (χ2n) is 15.3. The second kappa shape index (κ2) is 23.1. The van der Waals surface area contributed by atoms with Gasteiger partial charge in [0.05, 0.1) is 28.8 Å². The summed E-state index contributed by atoms with van der Waals surface area (Å²) in [6.45, 7) is 27.8. The van der Waals surface area contributed by atoms with E-state index in [0.29, 0.717) is 18.8 Å². The molecule has 310 valence electrons. The molecule has 0 aliphatic rings. The largest absolute Gasteiger partial charge is 0.481 e. The second-order valence-corrected chi connectivity index (χ2v) is 15.3. The summed E-state index contributed by atoms with van der Waals surface area (Å²) < 4.78 is 5.88. The van der Waals surface area contributed by atoms with E-state index in [0.717, 1.165) is 60.6 Å². The number of carboxylic acid groups (broad SMARTS) is 2. The number of pyridine rings is 2. The highest BCUT2D eigenvalue weighted by molar-refractivity contribution is 5.93. The number of aromatic nitrogens is 2. The van der Waals surface area contributed by atoms with Crippen LogP contribution in [-0.2, 0) is 20.9 Å². The molecule has 0 bridgehead atoms. The predicted octanol–water partition coefficient (Wildman–Crippen LogP) is 10.3. The van der Waals surface area contributed by atoms with E-state index in [9.17, 15) is 19.8 Å². The molecule has 9 heteroatoms. The number of rotatable bonds is 20. The maximum absolute atomic E-state index is 12.0. The summed E-state index contributed by atoms with van der Waals surface area (Å²) in [6, 6.07) is 20.2. The van der Waals surface area contributed by atoms with Crippen LogP contribution < -0.4 is 0 Å². The van der Waals surface area contributed by atoms with Crippen LogP contribution >= 0.6 is 0 Å². The molecule has 0 fully saturated rings. The Hall–Kier alpha value is -4.44. The number of aryl methyl sites for hydroxylation is 6. The Morgan fingerprint density at radius 3 is 1.49 bits per heavy atom. The van der Waals surface area contributed by atoms with Gasteiger partial charge >= 0.3 is 11.9 Å². The van der Waals surface area contributed by atoms with Gasteiger partial charge in [0.2, 0.25) is 0 Å². The van der Waals surface area contributed by atoms with Crippen molar-refractivity contribution in [2.45, 2.75) is 121 Å². The zero-order chi connectivity index (χ0) is 42.2. The Labute approximate surface area is 342 Å². The van der Waals surface area contributed by atoms with Crippen molar-refractivity contribution in [3.05, 3.63) is 105 Å². The fraction of sp³-hybridized carbons (Fsp3) is 0.500. The third kappa shape index (κ3) is 13.0. The zero-order valence-corrected chi connectivity index (χ0v) is 36.5. The molecular formula is C48H68N4O5. The molecule has 2 heterocycles. The minimum Gasteiger partial charge on any atom is -0.481 e. The van der Waals surface area contributed by atoms with E-state index in [-0.39, 0.29) is 6.61 Å². The van der Waals surface area contributed by atoms with Crippen molar-refractivity contribution in [3.8, 4) is 22.5 Å². The molecule has 2 unspecified atom stereocenters. The van der Waals surface area contributed by atoms with Gasteiger partial charge in [0.15, 0.2) is 5.92 Å². The van der Waals surface area contributed by atoms with Crippen LogP contribution in [0.4, 0.5) is 0 Å². The zero-order valence-electron chi connectivity index (χ0n) is 36.5. The van der Waals surface area contributed by atoms with Gasteiger partial charge in [-0.3, -0.25) is 29.4 Å². The monoisotopic (exact) mass is 781 g/mol. The average molecular weight is 781 g/mol. The first kappa shape index (κ1) is 46.9. The van der Waals surface area contributed by atoms with Crippen molar-refractivity contribution in [2.24, 2.45) is 5.92 Å². The molecule has 4 rings (SSSR count). The van der Waals surface area contributed by atoms with Crippen LogP contribution in [0.2, 0.25) is 0 Å². The first-order valence-corrected chi connectivity index (χ1v) is 20.8. The van der Waals surface area contributed by atoms with Crippen molar-refractivity contribution in [2.75, 3.05) is 32.8 Å². The third-order valence-corrected chi connectivity index (χ3v) is 10.2. The predicted molar refractivity (Wildman–Crippen MR) is 233 cm³/mol. The quantitative estimate of drug-likeness (QED) is 0.0846. The fourth-order valence-electron chi connectivity index (χ4n) is 8.24. The highest BCUT2D eigenvalue weighted by Crippen LogP contribution is 2.34. The van der Waals surface area contributed by atoms with Crippen LogP contribution in [0.1, 0.15) is 111 Å². The van der Waals surface area contributed by atoms with E-state index >= 15 is 0 Å². The Bertz CT molecular complexity index is 1840. The van der Waals surface area contributed by atoms with Crippen molar-refractivity contribution in [1.82, 2.24) is 19.8 Å². The van der Waals surface area contributed by atoms with Crippen LogP contribution in [0.3, 0.4) is 0 Å². The van der Waals surface area contributed by atoms with Gasteiger partial charge in [-0.1, -0.05) is 75.2 Å². The Kier molecular flexibility index (Phi) is 19.0. The number of carboxylic acids is 2. The molecule has 2 N–H and O–H groups in total. The molecule has 0 radical (unpaired) electrons. The number of benzene rings is 2. The summed E-state index contributed by atoms with van der Waals surface area (Å²) in [4.78, 5) is 38.6. The number of aliphatic carboxylic acids is 2. The molecule has 57 heavy (non-hydrogen) atoms. The maximum atomic E-state index is 12.0. The molecule has 0 aliphatic heterocycles. The lowest BCUT2D eigenvalue weighted by atomic mass is 9.91. The average Bonchev–Trinajstić information content (AvgIpc) is 3.12. The maximum Gasteiger partial charge on any atom is 0.320 e. The lowest BCUT2D eigenvalue weighted by Gasteiger charge is -2.38. The van der Waals surface area contributed by atoms with Gasteiger partial charge in [0, 0.05) is 24.3 Å². The number of hydrogen-bond donors (Lipinski definition) is 2. The lowest BCUT2D eigenvalue weighted by molar-refractivity contribution is -0.165. The van der Waals surface area contributed by atoms with Crippen molar-refractivity contribution < 1.29 is 24.5 Å². The summed E-state index contributed by atoms with van der Waals surface area (Å²) in [5, 5.41) is 19.6. The number of hydrogen-bond acceptors (Lipinski definition) is 7. The van der Waals surface area contributed by atoms with Gasteiger partial charge in [-0.25, -0.2) is 0 Å². The van der Waals surface area contributed by atoms with Crippen LogP contribution in [0.25, 0.3) is 22.5 Å². The summed E-state index contributed by atoms with van der Waals surface area (Å²) >= 11 is 0. The van der Waals surface area contributed by atoms with Crippen molar-refractivity contribution >= 4 is 11.9 Å². The summed E-state index contributed by atoms with van der Waals surface area (Å²) in [6.07, 6.45) is 2.94. The summed E-state index contributed by atoms with van der Waals surface area (Å²) in [7, 11) is 0. The molecular weight excluding hydrogens is 713 g/mol. The van der Waals surface area contributed by atoms with E-state index in [1.54, 1.807) is 6.92 Å². The van der Waals surface area contributed by atoms with Gasteiger partial charge in [0.25, 0.3) is 0 Å². The van der Waals surface area contributed by atoms with Gasteiger partial charge < -0.3 is 14.9 Å². The van der Waals surface area contributed by atoms with Crippen LogP contribution in [0.15, 0.2) is 60.7 Å². The van der Waals surface area contributed by atoms with E-state index in [2.05, 4.69) is 108 Å². The van der Waals surface area contributed by atoms with E-state index in [1.807, 2.05) is 32.0 Å². The standard InChI is InChI=1S/C27H38N2O5.C21H30N2/c1-7-13-29(14-8-2)24(25(34-9-3)23(26(30)31)27(32)33)21-12-10-11-20(28-21)22-18(5)15-17(4)16-19(22)6;1-6-11-23(12-7-2)15-19-9-8-10-20(22-19)21-17(4)13-16(3)14-18(21)5/h10-12,15-16,23-25H,7-9,13-14H2,1-6H3,(H,30,31)(H,32,33);8-10,13-14H,6-7,11-12,15H2,1-5H3. The SMILES string of the molecule is CCCN(CCC)C(c1cccc(-c2c(C)cc(C)cc2C)n1)C(OCC)C(C(=O)O)C(=O)O.CCCN(CCC)Cc1cccc(-c2c(C)cc(C)cc2C)n1. The third-order valence-electron chi connectivity index (χ3n) is 10.2. The molecule has 9 nitrogen and oxygen atoms in total. The van der Waals surface area contributed by atoms with Gasteiger partial charge in [-0.2, -0.15) is 0 Å². The number of nitrogens with zero attached hydrogens (tertiary/aromatic N) is 4. The topological polar surface area (TPSA) is 116 Å². The smallest absolute Gasteiger partial charge is 0.320 e. The molecule has 4 aromatic rings. The van der Waals surface area contributed by atoms with Gasteiger partial charge in [-0.05, 0) is 147 Å². The highest BCUT2D eigenvalue weighted by Gasteiger charge is 2.44. The van der Waals surface area contributed by atoms with E-state index < -0.39 is 30.0 Å². The van der Waals surface area contributed by atoms with Crippen LogP contribution in [0.5, 0.6) is 0 Å². The normalized spacial score (nSPS) is 12.5. The summed E-state index contributed by atoms with van der Waals surface area (Å²) in [5.41, 5.74) is 13.3. The van der Waals surface area contributed by atoms with Crippen molar-refractivity contribution in [1.29, 1.82) is 0 Å². The molecule has 0 amide bonds. The molecule has 0 aliphatic carbocycles. The molecule has 2 aromatic heterocycles. The molecule has 0 saturated heterocycles. The molecule has 2 aromatic carbocycles. The molecule has 0 spiro atoms. The van der Waals surface area contributed by atoms with E-state index in [1.165, 1.54) is 46.4 Å². The van der Waals surface area contributed by atoms with Gasteiger partial charge in [0.1, 0.15) is 6.10 Å². The Morgan fingerprint density at radius 2 is 1.07 bits per heavy atom. The first-order valence-electron chi connectivity index (χ1n) is 20.8. The lowest BCUT2D eigenvalue weighted by Crippen LogP contribution is -2.47. The molecule has 2 atom stereocenters. The first-order chi connectivity index (χ1) is 27.2. The van der Waals surface area contributed by atoms with E-state index in [4.69, 9.17) is 14.7 Å². The van der Waals surface area contributed by atoms with Crippen LogP contribution in [-0.4, -0.2) is 80.8 Å². The van der Waals surface area contributed by atoms with Crippen LogP contribution in [0, 0.1) is 47.5 Å². The molecule has 0 saturated carbocycles. The summed E-state index contributed by atoms with van der Waals surface area (Å²) in [5.74, 6) is -4.54. The van der Waals surface area contributed by atoms with Gasteiger partial charge in [-0.15, -0.1) is 0 Å².